The molecule has 0 radical (unpaired) electrons. The standard InChI is InChI=1S/C17H29O3P/c1-10(2)19-21(18,20-11(3)4)17-15(8)13(6)12(5)14(7)16(17)9/h10-11H,1-9H3. The summed E-state index contributed by atoms with van der Waals surface area (Å²) in [5.74, 6) is 0. The maximum absolute atomic E-state index is 13.4. The van der Waals surface area contributed by atoms with Crippen LogP contribution >= 0.6 is 7.60 Å². The van der Waals surface area contributed by atoms with Gasteiger partial charge in [-0.2, -0.15) is 0 Å². The van der Waals surface area contributed by atoms with E-state index in [-0.39, 0.29) is 12.2 Å². The quantitative estimate of drug-likeness (QED) is 0.726. The molecule has 0 aliphatic rings. The molecular weight excluding hydrogens is 283 g/mol. The van der Waals surface area contributed by atoms with E-state index < -0.39 is 7.60 Å². The van der Waals surface area contributed by atoms with Gasteiger partial charge in [0.25, 0.3) is 0 Å². The smallest absolute Gasteiger partial charge is 0.302 e. The molecule has 1 aromatic carbocycles. The van der Waals surface area contributed by atoms with Crippen LogP contribution in [0, 0.1) is 34.6 Å². The van der Waals surface area contributed by atoms with Gasteiger partial charge in [-0.05, 0) is 90.1 Å². The second-order valence-corrected chi connectivity index (χ2v) is 8.14. The van der Waals surface area contributed by atoms with Gasteiger partial charge in [-0.15, -0.1) is 0 Å². The van der Waals surface area contributed by atoms with Crippen LogP contribution in [-0.2, 0) is 13.6 Å². The van der Waals surface area contributed by atoms with Crippen LogP contribution in [0.5, 0.6) is 0 Å². The Morgan fingerprint density at radius 3 is 1.24 bits per heavy atom. The lowest BCUT2D eigenvalue weighted by molar-refractivity contribution is 0.150. The Morgan fingerprint density at radius 2 is 0.952 bits per heavy atom. The largest absolute Gasteiger partial charge is 0.362 e. The molecule has 0 N–H and O–H groups in total. The predicted molar refractivity (Wildman–Crippen MR) is 89.8 cm³/mol. The minimum atomic E-state index is -3.33. The first kappa shape index (κ1) is 18.4. The molecule has 0 saturated heterocycles. The zero-order valence-electron chi connectivity index (χ0n) is 14.8. The lowest BCUT2D eigenvalue weighted by atomic mass is 9.95. The molecule has 0 unspecified atom stereocenters. The lowest BCUT2D eigenvalue weighted by Gasteiger charge is -2.28. The minimum absolute atomic E-state index is 0.157. The monoisotopic (exact) mass is 312 g/mol. The maximum Gasteiger partial charge on any atom is 0.362 e. The number of hydrogen-bond acceptors (Lipinski definition) is 3. The third-order valence-corrected chi connectivity index (χ3v) is 6.55. The normalized spacial score (nSPS) is 12.5. The average Bonchev–Trinajstić information content (AvgIpc) is 2.31. The molecule has 0 bridgehead atoms. The van der Waals surface area contributed by atoms with Crippen molar-refractivity contribution in [1.82, 2.24) is 0 Å². The summed E-state index contributed by atoms with van der Waals surface area (Å²) in [6.45, 7) is 17.8. The first-order chi connectivity index (χ1) is 9.51. The summed E-state index contributed by atoms with van der Waals surface area (Å²) in [6, 6.07) is 0. The molecule has 0 atom stereocenters. The number of benzene rings is 1. The molecule has 4 heteroatoms. The van der Waals surface area contributed by atoms with Crippen molar-refractivity contribution >= 4 is 12.9 Å². The van der Waals surface area contributed by atoms with E-state index in [4.69, 9.17) is 9.05 Å². The summed E-state index contributed by atoms with van der Waals surface area (Å²) in [4.78, 5) is 0. The minimum Gasteiger partial charge on any atom is -0.302 e. The lowest BCUT2D eigenvalue weighted by Crippen LogP contribution is -2.23. The highest BCUT2D eigenvalue weighted by molar-refractivity contribution is 7.62. The van der Waals surface area contributed by atoms with Gasteiger partial charge in [0.05, 0.1) is 17.5 Å². The van der Waals surface area contributed by atoms with Crippen LogP contribution in [-0.4, -0.2) is 12.2 Å². The van der Waals surface area contributed by atoms with Crippen LogP contribution in [0.4, 0.5) is 0 Å². The maximum atomic E-state index is 13.4. The molecule has 21 heavy (non-hydrogen) atoms. The van der Waals surface area contributed by atoms with Gasteiger partial charge in [0, 0.05) is 0 Å². The average molecular weight is 312 g/mol. The van der Waals surface area contributed by atoms with Gasteiger partial charge < -0.3 is 9.05 Å². The van der Waals surface area contributed by atoms with E-state index in [1.807, 2.05) is 41.5 Å². The Balaban J connectivity index is 3.63. The summed E-state index contributed by atoms with van der Waals surface area (Å²) in [6.07, 6.45) is -0.314. The molecule has 0 fully saturated rings. The number of hydrogen-bond donors (Lipinski definition) is 0. The zero-order chi connectivity index (χ0) is 16.5. The predicted octanol–water partition coefficient (Wildman–Crippen LogP) is 4.90. The Hall–Kier alpha value is -0.630. The van der Waals surface area contributed by atoms with E-state index in [1.165, 1.54) is 5.56 Å². The van der Waals surface area contributed by atoms with Crippen LogP contribution in [0.3, 0.4) is 0 Å². The second-order valence-electron chi connectivity index (χ2n) is 6.28. The van der Waals surface area contributed by atoms with Crippen molar-refractivity contribution < 1.29 is 13.6 Å². The van der Waals surface area contributed by atoms with E-state index in [1.54, 1.807) is 0 Å². The van der Waals surface area contributed by atoms with E-state index in [0.29, 0.717) is 0 Å². The summed E-state index contributed by atoms with van der Waals surface area (Å²) in [5.41, 5.74) is 5.59. The molecule has 1 rings (SSSR count). The van der Waals surface area contributed by atoms with Gasteiger partial charge in [0.15, 0.2) is 0 Å². The van der Waals surface area contributed by atoms with Gasteiger partial charge in [0.1, 0.15) is 0 Å². The fraction of sp³-hybridized carbons (Fsp3) is 0.647. The molecule has 0 saturated carbocycles. The first-order valence-electron chi connectivity index (χ1n) is 7.55. The Labute approximate surface area is 129 Å². The summed E-state index contributed by atoms with van der Waals surface area (Å²) in [7, 11) is -3.33. The molecule has 0 spiro atoms. The molecule has 0 amide bonds. The van der Waals surface area contributed by atoms with Crippen molar-refractivity contribution in [1.29, 1.82) is 0 Å². The fourth-order valence-electron chi connectivity index (χ4n) is 2.58. The molecule has 120 valence electrons. The van der Waals surface area contributed by atoms with Gasteiger partial charge in [-0.3, -0.25) is 4.57 Å². The summed E-state index contributed by atoms with van der Waals surface area (Å²) >= 11 is 0. The van der Waals surface area contributed by atoms with Gasteiger partial charge in [-0.25, -0.2) is 0 Å². The van der Waals surface area contributed by atoms with Gasteiger partial charge >= 0.3 is 7.60 Å². The summed E-state index contributed by atoms with van der Waals surface area (Å²) in [5, 5.41) is 0.741. The van der Waals surface area contributed by atoms with Crippen molar-refractivity contribution in [3.05, 3.63) is 27.8 Å². The summed E-state index contributed by atoms with van der Waals surface area (Å²) < 4.78 is 25.0. The Kier molecular flexibility index (Phi) is 5.83. The van der Waals surface area contributed by atoms with Crippen molar-refractivity contribution in [2.75, 3.05) is 0 Å². The van der Waals surface area contributed by atoms with Crippen LogP contribution in [0.2, 0.25) is 0 Å². The Bertz CT molecular complexity index is 531. The molecule has 1 aromatic rings. The second kappa shape index (κ2) is 6.64. The third kappa shape index (κ3) is 3.77. The number of rotatable bonds is 5. The molecule has 3 nitrogen and oxygen atoms in total. The van der Waals surface area contributed by atoms with Crippen LogP contribution in [0.15, 0.2) is 0 Å². The SMILES string of the molecule is Cc1c(C)c(C)c(P(=O)(OC(C)C)OC(C)C)c(C)c1C. The van der Waals surface area contributed by atoms with E-state index in [2.05, 4.69) is 20.8 Å². The van der Waals surface area contributed by atoms with E-state index in [9.17, 15) is 4.57 Å². The van der Waals surface area contributed by atoms with Crippen molar-refractivity contribution in [3.63, 3.8) is 0 Å². The highest BCUT2D eigenvalue weighted by Gasteiger charge is 2.35. The van der Waals surface area contributed by atoms with E-state index >= 15 is 0 Å². The molecule has 0 aliphatic carbocycles. The van der Waals surface area contributed by atoms with Crippen molar-refractivity contribution in [2.45, 2.75) is 74.5 Å². The highest BCUT2D eigenvalue weighted by atomic mass is 31.2. The van der Waals surface area contributed by atoms with Gasteiger partial charge in [-0.1, -0.05) is 0 Å². The molecular formula is C17H29O3P. The van der Waals surface area contributed by atoms with Crippen LogP contribution in [0.25, 0.3) is 0 Å². The van der Waals surface area contributed by atoms with Gasteiger partial charge in [0.2, 0.25) is 0 Å². The van der Waals surface area contributed by atoms with Crippen LogP contribution < -0.4 is 5.30 Å². The van der Waals surface area contributed by atoms with Crippen molar-refractivity contribution in [2.24, 2.45) is 0 Å². The molecule has 0 aliphatic heterocycles. The molecule has 0 heterocycles. The highest BCUT2D eigenvalue weighted by Crippen LogP contribution is 2.51. The molecule has 0 aromatic heterocycles. The first-order valence-corrected chi connectivity index (χ1v) is 9.09. The Morgan fingerprint density at radius 1 is 0.667 bits per heavy atom. The third-order valence-electron chi connectivity index (χ3n) is 3.93. The van der Waals surface area contributed by atoms with Crippen molar-refractivity contribution in [3.8, 4) is 0 Å². The fourth-order valence-corrected chi connectivity index (χ4v) is 5.10. The van der Waals surface area contributed by atoms with E-state index in [0.717, 1.165) is 27.6 Å². The zero-order valence-corrected chi connectivity index (χ0v) is 15.7. The topological polar surface area (TPSA) is 35.5 Å². The van der Waals surface area contributed by atoms with Crippen LogP contribution in [0.1, 0.15) is 55.5 Å².